The van der Waals surface area contributed by atoms with Crippen molar-refractivity contribution >= 4 is 5.91 Å². The average molecular weight is 347 g/mol. The minimum Gasteiger partial charge on any atom is -0.346 e. The fraction of sp³-hybridized carbons (Fsp3) is 0.273. The Morgan fingerprint density at radius 2 is 1.85 bits per heavy atom. The number of rotatable bonds is 7. The molecule has 0 saturated heterocycles. The minimum absolute atomic E-state index is 0.0510. The summed E-state index contributed by atoms with van der Waals surface area (Å²) in [5, 5.41) is 3.10. The standard InChI is InChI=1S/C22H25N3O/c1-3-19(22-23-15-20(25-22)18-7-5-4-6-8-18)24-21(26)14-13-17-11-9-16(2)10-12-17/h4-12,15,19H,3,13-14H2,1-2H3,(H,23,25)(H,24,26). The molecule has 2 aromatic carbocycles. The molecule has 1 aromatic heterocycles. The molecule has 0 spiro atoms. The lowest BCUT2D eigenvalue weighted by atomic mass is 10.1. The van der Waals surface area contributed by atoms with E-state index in [0.29, 0.717) is 6.42 Å². The van der Waals surface area contributed by atoms with E-state index in [0.717, 1.165) is 29.9 Å². The maximum Gasteiger partial charge on any atom is 0.220 e. The molecule has 0 fully saturated rings. The maximum absolute atomic E-state index is 12.3. The molecule has 3 aromatic rings. The molecule has 0 bridgehead atoms. The highest BCUT2D eigenvalue weighted by Crippen LogP contribution is 2.20. The zero-order valence-electron chi connectivity index (χ0n) is 15.3. The van der Waals surface area contributed by atoms with Gasteiger partial charge in [-0.2, -0.15) is 0 Å². The van der Waals surface area contributed by atoms with Crippen LogP contribution in [0.15, 0.2) is 60.8 Å². The molecular formula is C22H25N3O. The Morgan fingerprint density at radius 3 is 2.54 bits per heavy atom. The monoisotopic (exact) mass is 347 g/mol. The lowest BCUT2D eigenvalue weighted by molar-refractivity contribution is -0.121. The van der Waals surface area contributed by atoms with Gasteiger partial charge in [-0.15, -0.1) is 0 Å². The Kier molecular flexibility index (Phi) is 5.84. The number of hydrogen-bond donors (Lipinski definition) is 2. The van der Waals surface area contributed by atoms with E-state index in [9.17, 15) is 4.79 Å². The molecule has 0 aliphatic carbocycles. The summed E-state index contributed by atoms with van der Waals surface area (Å²) in [6.07, 6.45) is 3.84. The number of carbonyl (C=O) groups is 1. The predicted octanol–water partition coefficient (Wildman–Crippen LogP) is 4.59. The molecule has 1 unspecified atom stereocenters. The molecular weight excluding hydrogens is 322 g/mol. The molecule has 134 valence electrons. The highest BCUT2D eigenvalue weighted by atomic mass is 16.1. The summed E-state index contributed by atoms with van der Waals surface area (Å²) in [7, 11) is 0. The lowest BCUT2D eigenvalue weighted by Crippen LogP contribution is -2.29. The first-order valence-corrected chi connectivity index (χ1v) is 9.11. The van der Waals surface area contributed by atoms with Gasteiger partial charge in [-0.05, 0) is 30.9 Å². The Bertz CT molecular complexity index is 837. The molecule has 1 atom stereocenters. The molecule has 0 radical (unpaired) electrons. The second kappa shape index (κ2) is 8.48. The van der Waals surface area contributed by atoms with Crippen LogP contribution in [0.25, 0.3) is 11.3 Å². The van der Waals surface area contributed by atoms with E-state index in [4.69, 9.17) is 0 Å². The van der Waals surface area contributed by atoms with Gasteiger partial charge in [-0.3, -0.25) is 4.79 Å². The zero-order valence-corrected chi connectivity index (χ0v) is 15.3. The van der Waals surface area contributed by atoms with Crippen LogP contribution < -0.4 is 5.32 Å². The maximum atomic E-state index is 12.3. The molecule has 2 N–H and O–H groups in total. The Hall–Kier alpha value is -2.88. The number of amides is 1. The van der Waals surface area contributed by atoms with Crippen LogP contribution in [-0.4, -0.2) is 15.9 Å². The van der Waals surface area contributed by atoms with Gasteiger partial charge >= 0.3 is 0 Å². The van der Waals surface area contributed by atoms with Crippen molar-refractivity contribution in [2.24, 2.45) is 0 Å². The zero-order chi connectivity index (χ0) is 18.4. The molecule has 26 heavy (non-hydrogen) atoms. The van der Waals surface area contributed by atoms with Gasteiger partial charge in [0.15, 0.2) is 0 Å². The first kappa shape index (κ1) is 17.9. The van der Waals surface area contributed by atoms with E-state index >= 15 is 0 Å². The van der Waals surface area contributed by atoms with E-state index in [1.807, 2.05) is 36.5 Å². The van der Waals surface area contributed by atoms with Gasteiger partial charge in [0.2, 0.25) is 5.91 Å². The van der Waals surface area contributed by atoms with Crippen molar-refractivity contribution in [1.82, 2.24) is 15.3 Å². The SMILES string of the molecule is CCC(NC(=O)CCc1ccc(C)cc1)c1ncc(-c2ccccc2)[nH]1. The first-order chi connectivity index (χ1) is 12.7. The Balaban J connectivity index is 1.59. The molecule has 0 saturated carbocycles. The van der Waals surface area contributed by atoms with E-state index in [-0.39, 0.29) is 11.9 Å². The lowest BCUT2D eigenvalue weighted by Gasteiger charge is -2.15. The number of aryl methyl sites for hydroxylation is 2. The number of H-pyrrole nitrogens is 1. The summed E-state index contributed by atoms with van der Waals surface area (Å²) >= 11 is 0. The highest BCUT2D eigenvalue weighted by molar-refractivity contribution is 5.76. The van der Waals surface area contributed by atoms with Crippen LogP contribution in [0.4, 0.5) is 0 Å². The summed E-state index contributed by atoms with van der Waals surface area (Å²) < 4.78 is 0. The van der Waals surface area contributed by atoms with Crippen LogP contribution in [0, 0.1) is 6.92 Å². The second-order valence-corrected chi connectivity index (χ2v) is 6.56. The third-order valence-electron chi connectivity index (χ3n) is 4.52. The molecule has 4 nitrogen and oxygen atoms in total. The van der Waals surface area contributed by atoms with Crippen molar-refractivity contribution in [1.29, 1.82) is 0 Å². The molecule has 4 heteroatoms. The van der Waals surface area contributed by atoms with Crippen LogP contribution in [-0.2, 0) is 11.2 Å². The Labute approximate surface area is 154 Å². The summed E-state index contributed by atoms with van der Waals surface area (Å²) in [6, 6.07) is 18.3. The third-order valence-corrected chi connectivity index (χ3v) is 4.52. The number of nitrogens with zero attached hydrogens (tertiary/aromatic N) is 1. The Morgan fingerprint density at radius 1 is 1.12 bits per heavy atom. The first-order valence-electron chi connectivity index (χ1n) is 9.11. The van der Waals surface area contributed by atoms with Crippen molar-refractivity contribution in [3.8, 4) is 11.3 Å². The number of imidazole rings is 1. The van der Waals surface area contributed by atoms with Gasteiger partial charge in [0.1, 0.15) is 5.82 Å². The number of benzene rings is 2. The molecule has 0 aliphatic heterocycles. The molecule has 3 rings (SSSR count). The van der Waals surface area contributed by atoms with Crippen LogP contribution >= 0.6 is 0 Å². The number of nitrogens with one attached hydrogen (secondary N) is 2. The fourth-order valence-electron chi connectivity index (χ4n) is 2.92. The van der Waals surface area contributed by atoms with E-state index < -0.39 is 0 Å². The number of aromatic amines is 1. The quantitative estimate of drug-likeness (QED) is 0.657. The summed E-state index contributed by atoms with van der Waals surface area (Å²) in [5.41, 5.74) is 4.47. The van der Waals surface area contributed by atoms with Crippen molar-refractivity contribution in [3.05, 3.63) is 77.7 Å². The number of carbonyl (C=O) groups excluding carboxylic acids is 1. The van der Waals surface area contributed by atoms with Crippen molar-refractivity contribution in [3.63, 3.8) is 0 Å². The normalized spacial score (nSPS) is 11.9. The minimum atomic E-state index is -0.0991. The van der Waals surface area contributed by atoms with E-state index in [2.05, 4.69) is 53.4 Å². The third kappa shape index (κ3) is 4.60. The number of hydrogen-bond acceptors (Lipinski definition) is 2. The van der Waals surface area contributed by atoms with Crippen molar-refractivity contribution < 1.29 is 4.79 Å². The predicted molar refractivity (Wildman–Crippen MR) is 105 cm³/mol. The van der Waals surface area contributed by atoms with Gasteiger partial charge in [0.25, 0.3) is 0 Å². The van der Waals surface area contributed by atoms with Crippen molar-refractivity contribution in [2.45, 2.75) is 39.2 Å². The van der Waals surface area contributed by atoms with Gasteiger partial charge < -0.3 is 10.3 Å². The smallest absolute Gasteiger partial charge is 0.220 e. The average Bonchev–Trinajstić information content (AvgIpc) is 3.16. The van der Waals surface area contributed by atoms with Gasteiger partial charge in [0.05, 0.1) is 17.9 Å². The van der Waals surface area contributed by atoms with Crippen LogP contribution in [0.3, 0.4) is 0 Å². The van der Waals surface area contributed by atoms with E-state index in [1.54, 1.807) is 0 Å². The van der Waals surface area contributed by atoms with Crippen LogP contribution in [0.2, 0.25) is 0 Å². The number of aromatic nitrogens is 2. The summed E-state index contributed by atoms with van der Waals surface area (Å²) in [4.78, 5) is 20.2. The van der Waals surface area contributed by atoms with Crippen LogP contribution in [0.5, 0.6) is 0 Å². The fourth-order valence-corrected chi connectivity index (χ4v) is 2.92. The summed E-state index contributed by atoms with van der Waals surface area (Å²) in [5.74, 6) is 0.852. The van der Waals surface area contributed by atoms with Gasteiger partial charge in [-0.1, -0.05) is 67.1 Å². The van der Waals surface area contributed by atoms with Crippen LogP contribution in [0.1, 0.15) is 42.8 Å². The van der Waals surface area contributed by atoms with Gasteiger partial charge in [-0.25, -0.2) is 4.98 Å². The largest absolute Gasteiger partial charge is 0.346 e. The summed E-state index contributed by atoms with van der Waals surface area (Å²) in [6.45, 7) is 4.12. The topological polar surface area (TPSA) is 57.8 Å². The van der Waals surface area contributed by atoms with Crippen molar-refractivity contribution in [2.75, 3.05) is 0 Å². The van der Waals surface area contributed by atoms with E-state index in [1.165, 1.54) is 11.1 Å². The molecule has 1 amide bonds. The molecule has 0 aliphatic rings. The van der Waals surface area contributed by atoms with Gasteiger partial charge in [0, 0.05) is 6.42 Å². The second-order valence-electron chi connectivity index (χ2n) is 6.56. The molecule has 1 heterocycles. The highest BCUT2D eigenvalue weighted by Gasteiger charge is 2.16.